The second kappa shape index (κ2) is 11.5. The molecule has 1 atom stereocenters. The molecule has 3 heterocycles. The summed E-state index contributed by atoms with van der Waals surface area (Å²) in [6.07, 6.45) is 3.35. The standard InChI is InChI=1S/C31H31F3N4O/c1-23-12-14-38-28(22-35-29(38)19-23)27(25-10-5-11-26(20-25)31(32,33)34)21-30(39)37-17-15-36(16-18-37)13-6-9-24-7-3-2-4-8-24/h2-12,14,19-20,22,27H,13,15-18,21H2,1H3/b9-6+. The number of hydrogen-bond acceptors (Lipinski definition) is 3. The van der Waals surface area contributed by atoms with E-state index < -0.39 is 17.7 Å². The van der Waals surface area contributed by atoms with Crippen molar-refractivity contribution in [2.75, 3.05) is 32.7 Å². The first-order valence-electron chi connectivity index (χ1n) is 13.1. The first kappa shape index (κ1) is 26.7. The highest BCUT2D eigenvalue weighted by Gasteiger charge is 2.32. The van der Waals surface area contributed by atoms with Crippen molar-refractivity contribution in [1.82, 2.24) is 19.2 Å². The molecule has 5 rings (SSSR count). The highest BCUT2D eigenvalue weighted by molar-refractivity contribution is 5.78. The number of fused-ring (bicyclic) bond motifs is 1. The number of aromatic nitrogens is 2. The Kier molecular flexibility index (Phi) is 7.84. The van der Waals surface area contributed by atoms with Crippen molar-refractivity contribution in [2.24, 2.45) is 0 Å². The monoisotopic (exact) mass is 532 g/mol. The SMILES string of the molecule is Cc1ccn2c(C(CC(=O)N3CCN(C/C=C/c4ccccc4)CC3)c3cccc(C(F)(F)F)c3)cnc2c1. The molecule has 1 fully saturated rings. The molecule has 0 saturated carbocycles. The van der Waals surface area contributed by atoms with Crippen LogP contribution in [-0.4, -0.2) is 57.8 Å². The predicted molar refractivity (Wildman–Crippen MR) is 146 cm³/mol. The van der Waals surface area contributed by atoms with Crippen molar-refractivity contribution >= 4 is 17.6 Å². The molecular weight excluding hydrogens is 501 g/mol. The molecule has 202 valence electrons. The first-order valence-corrected chi connectivity index (χ1v) is 13.1. The fraction of sp³-hybridized carbons (Fsp3) is 0.290. The second-order valence-corrected chi connectivity index (χ2v) is 9.99. The Morgan fingerprint density at radius 1 is 1.00 bits per heavy atom. The van der Waals surface area contributed by atoms with Gasteiger partial charge in [0, 0.05) is 57.5 Å². The molecule has 8 heteroatoms. The van der Waals surface area contributed by atoms with Crippen LogP contribution in [0.25, 0.3) is 11.7 Å². The summed E-state index contributed by atoms with van der Waals surface area (Å²) < 4.78 is 42.5. The van der Waals surface area contributed by atoms with Gasteiger partial charge in [0.15, 0.2) is 0 Å². The van der Waals surface area contributed by atoms with Crippen molar-refractivity contribution in [2.45, 2.75) is 25.4 Å². The summed E-state index contributed by atoms with van der Waals surface area (Å²) in [5.41, 5.74) is 3.30. The predicted octanol–water partition coefficient (Wildman–Crippen LogP) is 6.04. The Labute approximate surface area is 226 Å². The summed E-state index contributed by atoms with van der Waals surface area (Å²) in [4.78, 5) is 22.1. The maximum Gasteiger partial charge on any atom is 0.416 e. The van der Waals surface area contributed by atoms with Gasteiger partial charge in [-0.2, -0.15) is 13.2 Å². The van der Waals surface area contributed by atoms with Crippen LogP contribution in [0, 0.1) is 6.92 Å². The molecule has 39 heavy (non-hydrogen) atoms. The van der Waals surface area contributed by atoms with E-state index in [1.54, 1.807) is 12.3 Å². The number of carbonyl (C=O) groups is 1. The van der Waals surface area contributed by atoms with Crippen LogP contribution >= 0.6 is 0 Å². The maximum absolute atomic E-state index is 13.5. The van der Waals surface area contributed by atoms with E-state index in [2.05, 4.69) is 34.2 Å². The number of aryl methyl sites for hydroxylation is 1. The third-order valence-corrected chi connectivity index (χ3v) is 7.25. The van der Waals surface area contributed by atoms with Crippen molar-refractivity contribution in [1.29, 1.82) is 0 Å². The summed E-state index contributed by atoms with van der Waals surface area (Å²) in [6, 6.07) is 19.2. The minimum absolute atomic E-state index is 0.0664. The van der Waals surface area contributed by atoms with Gasteiger partial charge in [0.05, 0.1) is 11.3 Å². The summed E-state index contributed by atoms with van der Waals surface area (Å²) in [5, 5.41) is 0. The van der Waals surface area contributed by atoms with Crippen molar-refractivity contribution in [3.05, 3.63) is 113 Å². The Balaban J connectivity index is 1.31. The van der Waals surface area contributed by atoms with E-state index in [9.17, 15) is 18.0 Å². The van der Waals surface area contributed by atoms with Crippen LogP contribution < -0.4 is 0 Å². The van der Waals surface area contributed by atoms with Gasteiger partial charge >= 0.3 is 6.18 Å². The second-order valence-electron chi connectivity index (χ2n) is 9.99. The molecule has 5 nitrogen and oxygen atoms in total. The van der Waals surface area contributed by atoms with E-state index in [1.807, 2.05) is 52.8 Å². The number of halogens is 3. The van der Waals surface area contributed by atoms with E-state index in [0.29, 0.717) is 30.0 Å². The van der Waals surface area contributed by atoms with Crippen LogP contribution in [0.2, 0.25) is 0 Å². The van der Waals surface area contributed by atoms with Gasteiger partial charge in [-0.1, -0.05) is 60.7 Å². The van der Waals surface area contributed by atoms with Crippen molar-refractivity contribution < 1.29 is 18.0 Å². The van der Waals surface area contributed by atoms with Gasteiger partial charge in [0.2, 0.25) is 5.91 Å². The molecule has 0 N–H and O–H groups in total. The van der Waals surface area contributed by atoms with E-state index in [-0.39, 0.29) is 12.3 Å². The van der Waals surface area contributed by atoms with Gasteiger partial charge in [-0.15, -0.1) is 0 Å². The van der Waals surface area contributed by atoms with Crippen LogP contribution in [-0.2, 0) is 11.0 Å². The van der Waals surface area contributed by atoms with Gasteiger partial charge in [0.1, 0.15) is 5.65 Å². The number of carbonyl (C=O) groups excluding carboxylic acids is 1. The normalized spacial score (nSPS) is 15.7. The number of amides is 1. The molecule has 4 aromatic rings. The number of piperazine rings is 1. The topological polar surface area (TPSA) is 40.9 Å². The Hall–Kier alpha value is -3.91. The van der Waals surface area contributed by atoms with Crippen LogP contribution in [0.3, 0.4) is 0 Å². The highest BCUT2D eigenvalue weighted by atomic mass is 19.4. The van der Waals surface area contributed by atoms with E-state index >= 15 is 0 Å². The van der Waals surface area contributed by atoms with Crippen LogP contribution in [0.4, 0.5) is 13.2 Å². The van der Waals surface area contributed by atoms with Gasteiger partial charge in [-0.05, 0) is 41.8 Å². The molecule has 1 aliphatic rings. The number of rotatable bonds is 7. The number of alkyl halides is 3. The fourth-order valence-corrected chi connectivity index (χ4v) is 5.07. The lowest BCUT2D eigenvalue weighted by molar-refractivity contribution is -0.137. The number of hydrogen-bond donors (Lipinski definition) is 0. The van der Waals surface area contributed by atoms with Crippen molar-refractivity contribution in [3.63, 3.8) is 0 Å². The maximum atomic E-state index is 13.5. The highest BCUT2D eigenvalue weighted by Crippen LogP contribution is 2.35. The zero-order chi connectivity index (χ0) is 27.4. The minimum atomic E-state index is -4.47. The first-order chi connectivity index (χ1) is 18.8. The van der Waals surface area contributed by atoms with Gasteiger partial charge in [0.25, 0.3) is 0 Å². The number of imidazole rings is 1. The molecule has 0 spiro atoms. The molecule has 1 aliphatic heterocycles. The van der Waals surface area contributed by atoms with Gasteiger partial charge in [-0.25, -0.2) is 4.98 Å². The molecular formula is C31H31F3N4O. The number of pyridine rings is 1. The lowest BCUT2D eigenvalue weighted by Gasteiger charge is -2.35. The lowest BCUT2D eigenvalue weighted by Crippen LogP contribution is -2.48. The van der Waals surface area contributed by atoms with Crippen molar-refractivity contribution in [3.8, 4) is 0 Å². The van der Waals surface area contributed by atoms with Crippen LogP contribution in [0.15, 0.2) is 85.2 Å². The summed E-state index contributed by atoms with van der Waals surface area (Å²) in [7, 11) is 0. The molecule has 2 aromatic carbocycles. The summed E-state index contributed by atoms with van der Waals surface area (Å²) in [5.74, 6) is -0.636. The average Bonchev–Trinajstić information content (AvgIpc) is 3.35. The summed E-state index contributed by atoms with van der Waals surface area (Å²) >= 11 is 0. The molecule has 2 aromatic heterocycles. The van der Waals surface area contributed by atoms with E-state index in [1.165, 1.54) is 6.07 Å². The van der Waals surface area contributed by atoms with E-state index in [0.717, 1.165) is 42.9 Å². The minimum Gasteiger partial charge on any atom is -0.340 e. The number of nitrogens with zero attached hydrogens (tertiary/aromatic N) is 4. The van der Waals surface area contributed by atoms with Gasteiger partial charge < -0.3 is 9.30 Å². The zero-order valence-corrected chi connectivity index (χ0v) is 21.8. The quantitative estimate of drug-likeness (QED) is 0.291. The van der Waals surface area contributed by atoms with E-state index in [4.69, 9.17) is 0 Å². The van der Waals surface area contributed by atoms with Crippen LogP contribution in [0.5, 0.6) is 0 Å². The smallest absolute Gasteiger partial charge is 0.340 e. The molecule has 0 aliphatic carbocycles. The third kappa shape index (κ3) is 6.40. The van der Waals surface area contributed by atoms with Gasteiger partial charge in [-0.3, -0.25) is 9.69 Å². The fourth-order valence-electron chi connectivity index (χ4n) is 5.07. The Bertz CT molecular complexity index is 1450. The summed E-state index contributed by atoms with van der Waals surface area (Å²) in [6.45, 7) is 5.41. The largest absolute Gasteiger partial charge is 0.416 e. The Morgan fingerprint density at radius 3 is 2.51 bits per heavy atom. The molecule has 1 saturated heterocycles. The zero-order valence-electron chi connectivity index (χ0n) is 21.8. The third-order valence-electron chi connectivity index (χ3n) is 7.25. The molecule has 0 radical (unpaired) electrons. The molecule has 1 amide bonds. The molecule has 1 unspecified atom stereocenters. The lowest BCUT2D eigenvalue weighted by atomic mass is 9.90. The average molecular weight is 533 g/mol. The molecule has 0 bridgehead atoms. The van der Waals surface area contributed by atoms with Crippen LogP contribution in [0.1, 0.15) is 40.3 Å². The Morgan fingerprint density at radius 2 is 1.77 bits per heavy atom. The number of benzene rings is 2.